The number of benzene rings is 2. The molecule has 0 aliphatic heterocycles. The first-order valence-corrected chi connectivity index (χ1v) is 9.76. The van der Waals surface area contributed by atoms with Crippen molar-refractivity contribution in [1.29, 1.82) is 0 Å². The van der Waals surface area contributed by atoms with E-state index >= 15 is 0 Å². The number of nitro groups is 1. The lowest BCUT2D eigenvalue weighted by atomic mass is 10.1. The first kappa shape index (κ1) is 20.4. The lowest BCUT2D eigenvalue weighted by Gasteiger charge is -2.18. The van der Waals surface area contributed by atoms with Crippen LogP contribution in [0.25, 0.3) is 0 Å². The smallest absolute Gasteiger partial charge is 0.270 e. The lowest BCUT2D eigenvalue weighted by Crippen LogP contribution is -2.46. The van der Waals surface area contributed by atoms with Crippen molar-refractivity contribution >= 4 is 29.3 Å². The first-order valence-electron chi connectivity index (χ1n) is 8.37. The molecule has 0 saturated heterocycles. The number of amides is 2. The van der Waals surface area contributed by atoms with Crippen LogP contribution < -0.4 is 10.6 Å². The highest BCUT2D eigenvalue weighted by molar-refractivity contribution is 7.98. The van der Waals surface area contributed by atoms with Crippen molar-refractivity contribution in [3.8, 4) is 0 Å². The molecule has 142 valence electrons. The van der Waals surface area contributed by atoms with Crippen LogP contribution in [-0.4, -0.2) is 34.8 Å². The van der Waals surface area contributed by atoms with E-state index in [0.717, 1.165) is 5.56 Å². The molecule has 2 N–H and O–H groups in total. The van der Waals surface area contributed by atoms with E-state index < -0.39 is 16.9 Å². The maximum atomic E-state index is 12.5. The summed E-state index contributed by atoms with van der Waals surface area (Å²) in [6.45, 7) is 0.363. The number of carbonyl (C=O) groups excluding carboxylic acids is 2. The van der Waals surface area contributed by atoms with Crippen LogP contribution in [0.15, 0.2) is 54.6 Å². The number of rotatable bonds is 9. The van der Waals surface area contributed by atoms with Gasteiger partial charge in [0.25, 0.3) is 11.6 Å². The van der Waals surface area contributed by atoms with E-state index in [2.05, 4.69) is 10.6 Å². The molecule has 2 aromatic carbocycles. The van der Waals surface area contributed by atoms with Gasteiger partial charge in [-0.2, -0.15) is 11.8 Å². The third kappa shape index (κ3) is 6.41. The highest BCUT2D eigenvalue weighted by Crippen LogP contribution is 2.13. The lowest BCUT2D eigenvalue weighted by molar-refractivity contribution is -0.384. The number of nitrogens with zero attached hydrogens (tertiary/aromatic N) is 1. The fourth-order valence-corrected chi connectivity index (χ4v) is 2.89. The average molecular weight is 387 g/mol. The summed E-state index contributed by atoms with van der Waals surface area (Å²) in [7, 11) is 0. The van der Waals surface area contributed by atoms with E-state index in [1.165, 1.54) is 24.3 Å². The molecule has 2 aromatic rings. The molecule has 0 saturated carbocycles. The molecular formula is C19H21N3O4S. The zero-order chi connectivity index (χ0) is 19.6. The topological polar surface area (TPSA) is 101 Å². The number of non-ortho nitro benzene ring substituents is 1. The fourth-order valence-electron chi connectivity index (χ4n) is 2.42. The van der Waals surface area contributed by atoms with Crippen molar-refractivity contribution in [2.45, 2.75) is 19.0 Å². The zero-order valence-electron chi connectivity index (χ0n) is 14.9. The van der Waals surface area contributed by atoms with Crippen LogP contribution in [0.4, 0.5) is 5.69 Å². The van der Waals surface area contributed by atoms with Gasteiger partial charge in [-0.15, -0.1) is 0 Å². The predicted molar refractivity (Wildman–Crippen MR) is 106 cm³/mol. The average Bonchev–Trinajstić information content (AvgIpc) is 2.70. The maximum Gasteiger partial charge on any atom is 0.270 e. The predicted octanol–water partition coefficient (Wildman–Crippen LogP) is 2.76. The standard InChI is InChI=1S/C19H21N3O4S/c1-27-11-10-17(19(24)20-13-14-6-3-2-4-7-14)21-18(23)15-8-5-9-16(12-15)22(25)26/h2-9,12,17H,10-11,13H2,1H3,(H,20,24)(H,21,23). The van der Waals surface area contributed by atoms with Gasteiger partial charge in [0.05, 0.1) is 4.92 Å². The van der Waals surface area contributed by atoms with Gasteiger partial charge in [-0.3, -0.25) is 19.7 Å². The third-order valence-electron chi connectivity index (χ3n) is 3.86. The Hall–Kier alpha value is -2.87. The molecular weight excluding hydrogens is 366 g/mol. The van der Waals surface area contributed by atoms with Gasteiger partial charge in [-0.1, -0.05) is 36.4 Å². The number of nitro benzene ring substituents is 1. The second kappa shape index (κ2) is 10.3. The van der Waals surface area contributed by atoms with Crippen LogP contribution in [0, 0.1) is 10.1 Å². The largest absolute Gasteiger partial charge is 0.350 e. The maximum absolute atomic E-state index is 12.5. The van der Waals surface area contributed by atoms with E-state index in [1.807, 2.05) is 36.6 Å². The highest BCUT2D eigenvalue weighted by atomic mass is 32.2. The van der Waals surface area contributed by atoms with E-state index in [9.17, 15) is 19.7 Å². The van der Waals surface area contributed by atoms with Crippen molar-refractivity contribution in [3.05, 3.63) is 75.8 Å². The summed E-state index contributed by atoms with van der Waals surface area (Å²) >= 11 is 1.57. The van der Waals surface area contributed by atoms with Gasteiger partial charge in [-0.05, 0) is 30.1 Å². The molecule has 0 heterocycles. The van der Waals surface area contributed by atoms with Crippen LogP contribution in [0.3, 0.4) is 0 Å². The Bertz CT molecular complexity index is 799. The summed E-state index contributed by atoms with van der Waals surface area (Å²) in [5, 5.41) is 16.4. The van der Waals surface area contributed by atoms with Crippen LogP contribution in [0.5, 0.6) is 0 Å². The molecule has 0 bridgehead atoms. The molecule has 0 spiro atoms. The minimum Gasteiger partial charge on any atom is -0.350 e. The van der Waals surface area contributed by atoms with Crippen molar-refractivity contribution in [2.75, 3.05) is 12.0 Å². The van der Waals surface area contributed by atoms with Crippen LogP contribution >= 0.6 is 11.8 Å². The highest BCUT2D eigenvalue weighted by Gasteiger charge is 2.21. The second-order valence-electron chi connectivity index (χ2n) is 5.82. The van der Waals surface area contributed by atoms with Crippen LogP contribution in [-0.2, 0) is 11.3 Å². The Morgan fingerprint density at radius 3 is 2.56 bits per heavy atom. The second-order valence-corrected chi connectivity index (χ2v) is 6.80. The molecule has 0 fully saturated rings. The van der Waals surface area contributed by atoms with E-state index in [4.69, 9.17) is 0 Å². The van der Waals surface area contributed by atoms with Gasteiger partial charge in [0.15, 0.2) is 0 Å². The Kier molecular flexibility index (Phi) is 7.81. The SMILES string of the molecule is CSCCC(NC(=O)c1cccc([N+](=O)[O-])c1)C(=O)NCc1ccccc1. The summed E-state index contributed by atoms with van der Waals surface area (Å²) in [4.78, 5) is 35.3. The molecule has 2 amide bonds. The van der Waals surface area contributed by atoms with Gasteiger partial charge < -0.3 is 10.6 Å². The number of nitrogens with one attached hydrogen (secondary N) is 2. The fraction of sp³-hybridized carbons (Fsp3) is 0.263. The number of hydrogen-bond donors (Lipinski definition) is 2. The molecule has 27 heavy (non-hydrogen) atoms. The monoisotopic (exact) mass is 387 g/mol. The molecule has 1 unspecified atom stereocenters. The molecule has 8 heteroatoms. The molecule has 0 radical (unpaired) electrons. The van der Waals surface area contributed by atoms with Gasteiger partial charge in [0, 0.05) is 24.2 Å². The summed E-state index contributed by atoms with van der Waals surface area (Å²) in [6, 6.07) is 14.2. The molecule has 0 aromatic heterocycles. The van der Waals surface area contributed by atoms with Crippen LogP contribution in [0.2, 0.25) is 0 Å². The Labute approximate surface area is 161 Å². The molecule has 7 nitrogen and oxygen atoms in total. The summed E-state index contributed by atoms with van der Waals surface area (Å²) < 4.78 is 0. The molecule has 2 rings (SSSR count). The summed E-state index contributed by atoms with van der Waals surface area (Å²) in [5.41, 5.74) is 0.936. The third-order valence-corrected chi connectivity index (χ3v) is 4.51. The van der Waals surface area contributed by atoms with Gasteiger partial charge in [-0.25, -0.2) is 0 Å². The van der Waals surface area contributed by atoms with Gasteiger partial charge >= 0.3 is 0 Å². The van der Waals surface area contributed by atoms with Crippen molar-refractivity contribution in [2.24, 2.45) is 0 Å². The van der Waals surface area contributed by atoms with E-state index in [1.54, 1.807) is 11.8 Å². The molecule has 0 aliphatic rings. The normalized spacial score (nSPS) is 11.4. The van der Waals surface area contributed by atoms with Crippen molar-refractivity contribution in [1.82, 2.24) is 10.6 Å². The number of carbonyl (C=O) groups is 2. The quantitative estimate of drug-likeness (QED) is 0.509. The van der Waals surface area contributed by atoms with E-state index in [0.29, 0.717) is 18.7 Å². The van der Waals surface area contributed by atoms with Gasteiger partial charge in [0.1, 0.15) is 6.04 Å². The minimum atomic E-state index is -0.715. The Morgan fingerprint density at radius 1 is 1.15 bits per heavy atom. The van der Waals surface area contributed by atoms with E-state index in [-0.39, 0.29) is 17.2 Å². The first-order chi connectivity index (χ1) is 13.0. The number of hydrogen-bond acceptors (Lipinski definition) is 5. The number of thioether (sulfide) groups is 1. The zero-order valence-corrected chi connectivity index (χ0v) is 15.7. The minimum absolute atomic E-state index is 0.147. The summed E-state index contributed by atoms with van der Waals surface area (Å²) in [6.07, 6.45) is 2.38. The Balaban J connectivity index is 2.04. The summed E-state index contributed by atoms with van der Waals surface area (Å²) in [5.74, 6) is -0.107. The van der Waals surface area contributed by atoms with Gasteiger partial charge in [0.2, 0.25) is 5.91 Å². The van der Waals surface area contributed by atoms with Crippen molar-refractivity contribution in [3.63, 3.8) is 0 Å². The molecule has 1 atom stereocenters. The Morgan fingerprint density at radius 2 is 1.89 bits per heavy atom. The van der Waals surface area contributed by atoms with Crippen molar-refractivity contribution < 1.29 is 14.5 Å². The van der Waals surface area contributed by atoms with Crippen LogP contribution in [0.1, 0.15) is 22.3 Å². The molecule has 0 aliphatic carbocycles.